The van der Waals surface area contributed by atoms with Crippen LogP contribution in [0.3, 0.4) is 0 Å². The Labute approximate surface area is 179 Å². The second-order valence-electron chi connectivity index (χ2n) is 8.81. The van der Waals surface area contributed by atoms with E-state index in [0.717, 1.165) is 58.7 Å². The zero-order valence-electron chi connectivity index (χ0n) is 19.1. The van der Waals surface area contributed by atoms with Crippen molar-refractivity contribution in [3.8, 4) is 16.9 Å². The molecule has 1 aliphatic rings. The maximum absolute atomic E-state index is 12.9. The first-order valence-electron chi connectivity index (χ1n) is 10.5. The van der Waals surface area contributed by atoms with Crippen LogP contribution in [0.1, 0.15) is 55.5 Å². The molecule has 30 heavy (non-hydrogen) atoms. The molecule has 3 rings (SSSR count). The van der Waals surface area contributed by atoms with Gasteiger partial charge in [0.25, 0.3) is 0 Å². The van der Waals surface area contributed by atoms with Gasteiger partial charge >= 0.3 is 5.97 Å². The highest BCUT2D eigenvalue weighted by Gasteiger charge is 2.33. The lowest BCUT2D eigenvalue weighted by molar-refractivity contribution is -0.164. The molecule has 1 heterocycles. The van der Waals surface area contributed by atoms with Gasteiger partial charge in [0.15, 0.2) is 6.10 Å². The van der Waals surface area contributed by atoms with Gasteiger partial charge in [-0.15, -0.1) is 0 Å². The highest BCUT2D eigenvalue weighted by atomic mass is 16.6. The number of hydrogen-bond acceptors (Lipinski definition) is 5. The van der Waals surface area contributed by atoms with Gasteiger partial charge in [0.2, 0.25) is 0 Å². The lowest BCUT2D eigenvalue weighted by Crippen LogP contribution is -2.29. The lowest BCUT2D eigenvalue weighted by Gasteiger charge is -2.30. The van der Waals surface area contributed by atoms with Crippen molar-refractivity contribution in [3.05, 3.63) is 46.5 Å². The minimum Gasteiger partial charge on any atom is -0.493 e. The average molecular weight is 412 g/mol. The van der Waals surface area contributed by atoms with E-state index < -0.39 is 17.7 Å². The van der Waals surface area contributed by atoms with Crippen molar-refractivity contribution in [2.45, 2.75) is 59.2 Å². The van der Waals surface area contributed by atoms with E-state index in [1.807, 2.05) is 40.8 Å². The van der Waals surface area contributed by atoms with E-state index in [0.29, 0.717) is 0 Å². The quantitative estimate of drug-likeness (QED) is 0.671. The van der Waals surface area contributed by atoms with Gasteiger partial charge in [0.05, 0.1) is 19.3 Å². The molecule has 162 valence electrons. The topological polar surface area (TPSA) is 56.8 Å². The van der Waals surface area contributed by atoms with Crippen LogP contribution in [0.15, 0.2) is 24.3 Å². The van der Waals surface area contributed by atoms with Gasteiger partial charge < -0.3 is 19.5 Å². The van der Waals surface area contributed by atoms with Crippen LogP contribution in [0, 0.1) is 13.8 Å². The predicted octanol–water partition coefficient (Wildman–Crippen LogP) is 5.37. The number of anilines is 1. The number of ether oxygens (including phenoxy) is 3. The molecule has 0 saturated carbocycles. The van der Waals surface area contributed by atoms with Crippen LogP contribution in [0.25, 0.3) is 11.1 Å². The van der Waals surface area contributed by atoms with Crippen molar-refractivity contribution in [3.63, 3.8) is 0 Å². The highest BCUT2D eigenvalue weighted by Crippen LogP contribution is 2.42. The smallest absolute Gasteiger partial charge is 0.339 e. The largest absolute Gasteiger partial charge is 0.493 e. The fourth-order valence-corrected chi connectivity index (χ4v) is 4.11. The second-order valence-corrected chi connectivity index (χ2v) is 8.81. The van der Waals surface area contributed by atoms with Gasteiger partial charge in [0.1, 0.15) is 5.75 Å². The Hall–Kier alpha value is -2.53. The molecule has 0 fully saturated rings. The summed E-state index contributed by atoms with van der Waals surface area (Å²) in [6, 6.07) is 8.41. The maximum Gasteiger partial charge on any atom is 0.339 e. The molecule has 1 atom stereocenters. The monoisotopic (exact) mass is 411 g/mol. The number of methoxy groups -OCH3 is 1. The number of carbonyl (C=O) groups excluding carboxylic acids is 1. The van der Waals surface area contributed by atoms with E-state index in [1.54, 1.807) is 0 Å². The van der Waals surface area contributed by atoms with Crippen molar-refractivity contribution >= 4 is 11.7 Å². The number of esters is 1. The summed E-state index contributed by atoms with van der Waals surface area (Å²) in [5.74, 6) is 0.548. The Morgan fingerprint density at radius 2 is 1.93 bits per heavy atom. The molecular weight excluding hydrogens is 378 g/mol. The third kappa shape index (κ3) is 4.46. The lowest BCUT2D eigenvalue weighted by atomic mass is 9.86. The number of fused-ring (bicyclic) bond motifs is 1. The summed E-state index contributed by atoms with van der Waals surface area (Å²) in [5, 5.41) is 3.25. The molecule has 0 bridgehead atoms. The van der Waals surface area contributed by atoms with Crippen LogP contribution in [0.4, 0.5) is 5.69 Å². The van der Waals surface area contributed by atoms with Gasteiger partial charge in [-0.1, -0.05) is 6.07 Å². The third-order valence-electron chi connectivity index (χ3n) is 5.45. The van der Waals surface area contributed by atoms with E-state index >= 15 is 0 Å². The molecule has 0 spiro atoms. The van der Waals surface area contributed by atoms with Crippen LogP contribution in [-0.4, -0.2) is 32.3 Å². The van der Waals surface area contributed by atoms with E-state index in [1.165, 1.54) is 12.7 Å². The van der Waals surface area contributed by atoms with Crippen LogP contribution in [0.5, 0.6) is 5.75 Å². The minimum absolute atomic E-state index is 0.400. The molecule has 0 saturated heterocycles. The van der Waals surface area contributed by atoms with Crippen LogP contribution < -0.4 is 10.1 Å². The van der Waals surface area contributed by atoms with Crippen LogP contribution in [0.2, 0.25) is 0 Å². The van der Waals surface area contributed by atoms with Gasteiger partial charge in [-0.25, -0.2) is 4.79 Å². The van der Waals surface area contributed by atoms with Crippen molar-refractivity contribution < 1.29 is 19.0 Å². The van der Waals surface area contributed by atoms with Crippen molar-refractivity contribution in [1.29, 1.82) is 0 Å². The van der Waals surface area contributed by atoms with Crippen LogP contribution in [-0.2, 0) is 20.7 Å². The number of rotatable bonds is 5. The average Bonchev–Trinajstić information content (AvgIpc) is 2.71. The minimum atomic E-state index is -0.829. The molecule has 1 N–H and O–H groups in total. The van der Waals surface area contributed by atoms with Crippen molar-refractivity contribution in [1.82, 2.24) is 0 Å². The standard InChI is InChI=1S/C25H33NO4/c1-15-13-19(26-6)16(2)22(23(24(27)28-7)30-25(3,4)5)21(15)18-10-11-20-17(14-18)9-8-12-29-20/h10-11,13-14,23,26H,8-9,12H2,1-7H3. The molecule has 2 aromatic rings. The van der Waals surface area contributed by atoms with Crippen molar-refractivity contribution in [2.24, 2.45) is 0 Å². The fraction of sp³-hybridized carbons (Fsp3) is 0.480. The zero-order valence-corrected chi connectivity index (χ0v) is 19.1. The van der Waals surface area contributed by atoms with E-state index in [9.17, 15) is 4.79 Å². The predicted molar refractivity (Wildman–Crippen MR) is 120 cm³/mol. The summed E-state index contributed by atoms with van der Waals surface area (Å²) in [6.45, 7) is 10.7. The van der Waals surface area contributed by atoms with Gasteiger partial charge in [0, 0.05) is 18.3 Å². The molecule has 2 aromatic carbocycles. The van der Waals surface area contributed by atoms with Crippen molar-refractivity contribution in [2.75, 3.05) is 26.1 Å². The Kier molecular flexibility index (Phi) is 6.41. The molecule has 0 amide bonds. The number of carbonyl (C=O) groups is 1. The molecule has 1 unspecified atom stereocenters. The molecule has 0 aromatic heterocycles. The normalized spacial score (nSPS) is 14.5. The Bertz CT molecular complexity index is 943. The van der Waals surface area contributed by atoms with E-state index in [2.05, 4.69) is 30.4 Å². The molecular formula is C25H33NO4. The number of nitrogens with one attached hydrogen (secondary N) is 1. The Morgan fingerprint density at radius 3 is 2.57 bits per heavy atom. The summed E-state index contributed by atoms with van der Waals surface area (Å²) < 4.78 is 17.2. The SMILES string of the molecule is CNc1cc(C)c(-c2ccc3c(c2)CCCO3)c(C(OC(C)(C)C)C(=O)OC)c1C. The third-order valence-corrected chi connectivity index (χ3v) is 5.45. The first-order valence-corrected chi connectivity index (χ1v) is 10.5. The fourth-order valence-electron chi connectivity index (χ4n) is 4.11. The first-order chi connectivity index (χ1) is 14.2. The summed E-state index contributed by atoms with van der Waals surface area (Å²) >= 11 is 0. The number of hydrogen-bond donors (Lipinski definition) is 1. The molecule has 1 aliphatic heterocycles. The summed E-state index contributed by atoms with van der Waals surface area (Å²) in [5.41, 5.74) is 6.62. The van der Waals surface area contributed by atoms with Gasteiger partial charge in [-0.05, 0) is 93.5 Å². The Balaban J connectivity index is 2.27. The van der Waals surface area contributed by atoms with Gasteiger partial charge in [-0.2, -0.15) is 0 Å². The summed E-state index contributed by atoms with van der Waals surface area (Å²) in [4.78, 5) is 12.9. The first kappa shape index (κ1) is 22.2. The summed E-state index contributed by atoms with van der Waals surface area (Å²) in [7, 11) is 3.29. The molecule has 0 aliphatic carbocycles. The second kappa shape index (κ2) is 8.68. The number of aryl methyl sites for hydroxylation is 2. The van der Waals surface area contributed by atoms with E-state index in [-0.39, 0.29) is 0 Å². The highest BCUT2D eigenvalue weighted by molar-refractivity contribution is 5.86. The Morgan fingerprint density at radius 1 is 1.20 bits per heavy atom. The van der Waals surface area contributed by atoms with Crippen LogP contribution >= 0.6 is 0 Å². The number of benzene rings is 2. The molecule has 5 nitrogen and oxygen atoms in total. The van der Waals surface area contributed by atoms with Gasteiger partial charge in [-0.3, -0.25) is 0 Å². The van der Waals surface area contributed by atoms with E-state index in [4.69, 9.17) is 14.2 Å². The molecule has 5 heteroatoms. The maximum atomic E-state index is 12.9. The zero-order chi connectivity index (χ0) is 22.1. The summed E-state index contributed by atoms with van der Waals surface area (Å²) in [6.07, 6.45) is 1.17. The molecule has 0 radical (unpaired) electrons.